The molecule has 0 saturated heterocycles. The number of hydrogen-bond acceptors (Lipinski definition) is 7. The topological polar surface area (TPSA) is 85.5 Å². The number of amides is 1. The number of benzene rings is 3. The first-order valence-electron chi connectivity index (χ1n) is 15.7. The lowest BCUT2D eigenvalue weighted by atomic mass is 9.95. The average Bonchev–Trinajstić information content (AvgIpc) is 3.63. The Labute approximate surface area is 281 Å². The lowest BCUT2D eigenvalue weighted by Gasteiger charge is -2.28. The van der Waals surface area contributed by atoms with Crippen molar-refractivity contribution in [3.05, 3.63) is 134 Å². The van der Waals surface area contributed by atoms with Gasteiger partial charge in [0.1, 0.15) is 29.2 Å². The highest BCUT2D eigenvalue weighted by molar-refractivity contribution is 7.15. The van der Waals surface area contributed by atoms with Gasteiger partial charge in [-0.25, -0.2) is 4.98 Å². The van der Waals surface area contributed by atoms with Gasteiger partial charge in [-0.3, -0.25) is 14.4 Å². The summed E-state index contributed by atoms with van der Waals surface area (Å²) in [5.41, 5.74) is 6.85. The van der Waals surface area contributed by atoms with Crippen LogP contribution in [-0.2, 0) is 30.8 Å². The van der Waals surface area contributed by atoms with Crippen molar-refractivity contribution < 1.29 is 9.53 Å². The van der Waals surface area contributed by atoms with Crippen LogP contribution >= 0.6 is 22.9 Å². The van der Waals surface area contributed by atoms with E-state index in [1.54, 1.807) is 11.3 Å². The number of aromatic nitrogens is 4. The van der Waals surface area contributed by atoms with Crippen LogP contribution in [0.2, 0.25) is 5.02 Å². The van der Waals surface area contributed by atoms with E-state index in [0.29, 0.717) is 31.1 Å². The largest absolute Gasteiger partial charge is 0.487 e. The zero-order valence-electron chi connectivity index (χ0n) is 26.0. The van der Waals surface area contributed by atoms with Gasteiger partial charge in [-0.15, -0.1) is 21.5 Å². The standard InChI is InChI=1S/C37H31ClN6O2S/c1-22-36-42-41-23(2)44(36)37-34(35(39-22)28-8-4-5-9-30(28)38)29-17-18-43(20-32(29)47-37)33(45)19-24-11-15-27(16-12-24)46-21-26-14-13-25-7-3-6-10-31(25)40-26/h3-16,22H,17-21H2,1-2H3. The fraction of sp³-hybridized carbons (Fsp3) is 0.216. The maximum Gasteiger partial charge on any atom is 0.227 e. The smallest absolute Gasteiger partial charge is 0.227 e. The Bertz CT molecular complexity index is 2190. The van der Waals surface area contributed by atoms with Gasteiger partial charge in [-0.2, -0.15) is 0 Å². The molecule has 0 radical (unpaired) electrons. The van der Waals surface area contributed by atoms with Gasteiger partial charge in [0.25, 0.3) is 0 Å². The third kappa shape index (κ3) is 5.49. The van der Waals surface area contributed by atoms with Crippen LogP contribution in [0.1, 0.15) is 57.4 Å². The van der Waals surface area contributed by atoms with E-state index in [9.17, 15) is 4.79 Å². The normalized spacial score (nSPS) is 15.4. The molecule has 1 amide bonds. The molecule has 0 fully saturated rings. The van der Waals surface area contributed by atoms with Crippen LogP contribution in [0.4, 0.5) is 0 Å². The van der Waals surface area contributed by atoms with Gasteiger partial charge >= 0.3 is 0 Å². The first-order chi connectivity index (χ1) is 22.9. The summed E-state index contributed by atoms with van der Waals surface area (Å²) in [6, 6.07) is 27.5. The number of aliphatic imine (C=N–C) groups is 1. The fourth-order valence-electron chi connectivity index (χ4n) is 6.41. The lowest BCUT2D eigenvalue weighted by molar-refractivity contribution is -0.131. The van der Waals surface area contributed by atoms with Crippen molar-refractivity contribution in [2.24, 2.45) is 4.99 Å². The van der Waals surface area contributed by atoms with Gasteiger partial charge in [-0.05, 0) is 61.7 Å². The number of nitrogens with zero attached hydrogens (tertiary/aromatic N) is 6. The molecule has 10 heteroatoms. The van der Waals surface area contributed by atoms with Crippen molar-refractivity contribution in [3.8, 4) is 10.8 Å². The van der Waals surface area contributed by atoms with Gasteiger partial charge in [0.2, 0.25) is 5.91 Å². The SMILES string of the molecule is Cc1nnc2n1-c1sc3c(c1C(c1ccccc1Cl)=NC2C)CCN(C(=O)Cc1ccc(OCc2ccc4ccccc4n2)cc1)C3. The molecule has 8 rings (SSSR count). The zero-order chi connectivity index (χ0) is 32.1. The van der Waals surface area contributed by atoms with Crippen LogP contribution in [0.25, 0.3) is 15.9 Å². The van der Waals surface area contributed by atoms with Crippen molar-refractivity contribution in [1.82, 2.24) is 24.6 Å². The number of hydrogen-bond donors (Lipinski definition) is 0. The number of thiophene rings is 1. The van der Waals surface area contributed by atoms with Crippen LogP contribution in [0, 0.1) is 6.92 Å². The zero-order valence-corrected chi connectivity index (χ0v) is 27.6. The van der Waals surface area contributed by atoms with Crippen LogP contribution < -0.4 is 4.74 Å². The van der Waals surface area contributed by atoms with E-state index in [1.165, 1.54) is 5.56 Å². The second-order valence-corrected chi connectivity index (χ2v) is 13.4. The summed E-state index contributed by atoms with van der Waals surface area (Å²) in [5, 5.41) is 11.7. The third-order valence-electron chi connectivity index (χ3n) is 8.83. The number of pyridine rings is 1. The number of para-hydroxylation sites is 1. The van der Waals surface area contributed by atoms with Gasteiger partial charge in [-0.1, -0.05) is 66.2 Å². The molecule has 0 bridgehead atoms. The lowest BCUT2D eigenvalue weighted by Crippen LogP contribution is -2.36. The Morgan fingerprint density at radius 1 is 1.00 bits per heavy atom. The third-order valence-corrected chi connectivity index (χ3v) is 10.4. The summed E-state index contributed by atoms with van der Waals surface area (Å²) in [7, 11) is 0. The molecule has 0 N–H and O–H groups in total. The second kappa shape index (κ2) is 12.1. The van der Waals surface area contributed by atoms with Crippen LogP contribution in [0.15, 0.2) is 89.9 Å². The van der Waals surface area contributed by atoms with Crippen molar-refractivity contribution in [3.63, 3.8) is 0 Å². The summed E-state index contributed by atoms with van der Waals surface area (Å²) in [6.07, 6.45) is 1.06. The van der Waals surface area contributed by atoms with Crippen LogP contribution in [0.3, 0.4) is 0 Å². The number of fused-ring (bicyclic) bond motifs is 6. The Morgan fingerprint density at radius 3 is 2.66 bits per heavy atom. The van der Waals surface area contributed by atoms with E-state index in [2.05, 4.69) is 25.8 Å². The summed E-state index contributed by atoms with van der Waals surface area (Å²) in [5.74, 6) is 2.46. The molecular weight excluding hydrogens is 628 g/mol. The van der Waals surface area contributed by atoms with Crippen LogP contribution in [-0.4, -0.2) is 42.8 Å². The highest BCUT2D eigenvalue weighted by Crippen LogP contribution is 2.42. The average molecular weight is 659 g/mol. The van der Waals surface area contributed by atoms with E-state index >= 15 is 0 Å². The highest BCUT2D eigenvalue weighted by atomic mass is 35.5. The predicted molar refractivity (Wildman–Crippen MR) is 185 cm³/mol. The van der Waals surface area contributed by atoms with Gasteiger partial charge in [0.15, 0.2) is 5.82 Å². The maximum absolute atomic E-state index is 13.6. The summed E-state index contributed by atoms with van der Waals surface area (Å²) >= 11 is 8.43. The molecule has 234 valence electrons. The van der Waals surface area contributed by atoms with Gasteiger partial charge in [0, 0.05) is 33.0 Å². The summed E-state index contributed by atoms with van der Waals surface area (Å²) in [6.45, 7) is 5.57. The summed E-state index contributed by atoms with van der Waals surface area (Å²) < 4.78 is 8.13. The Morgan fingerprint density at radius 2 is 1.81 bits per heavy atom. The molecular formula is C37H31ClN6O2S. The molecule has 6 aromatic rings. The number of ether oxygens (including phenoxy) is 1. The number of carbonyl (C=O) groups excluding carboxylic acids is 1. The van der Waals surface area contributed by atoms with E-state index in [-0.39, 0.29) is 11.9 Å². The first-order valence-corrected chi connectivity index (χ1v) is 16.9. The molecule has 47 heavy (non-hydrogen) atoms. The van der Waals surface area contributed by atoms with Gasteiger partial charge in [0.05, 0.1) is 29.9 Å². The number of aryl methyl sites for hydroxylation is 1. The molecule has 5 heterocycles. The monoisotopic (exact) mass is 658 g/mol. The minimum atomic E-state index is -0.188. The molecule has 0 aliphatic carbocycles. The highest BCUT2D eigenvalue weighted by Gasteiger charge is 2.34. The maximum atomic E-state index is 13.6. The predicted octanol–water partition coefficient (Wildman–Crippen LogP) is 7.46. The number of carbonyl (C=O) groups is 1. The molecule has 2 aliphatic rings. The molecule has 0 saturated carbocycles. The first kappa shape index (κ1) is 29.5. The minimum absolute atomic E-state index is 0.100. The van der Waals surface area contributed by atoms with Crippen molar-refractivity contribution in [1.29, 1.82) is 0 Å². The molecule has 1 unspecified atom stereocenters. The number of rotatable bonds is 6. The van der Waals surface area contributed by atoms with E-state index in [1.807, 2.05) is 97.6 Å². The molecule has 3 aromatic heterocycles. The van der Waals surface area contributed by atoms with Crippen molar-refractivity contribution >= 4 is 45.5 Å². The quantitative estimate of drug-likeness (QED) is 0.186. The Balaban J connectivity index is 0.999. The molecule has 1 atom stereocenters. The fourth-order valence-corrected chi connectivity index (χ4v) is 8.06. The van der Waals surface area contributed by atoms with Gasteiger partial charge < -0.3 is 9.64 Å². The Kier molecular flexibility index (Phi) is 7.58. The van der Waals surface area contributed by atoms with E-state index in [4.69, 9.17) is 21.3 Å². The number of halogens is 1. The van der Waals surface area contributed by atoms with Crippen LogP contribution in [0.5, 0.6) is 5.75 Å². The second-order valence-electron chi connectivity index (χ2n) is 11.9. The van der Waals surface area contributed by atoms with E-state index in [0.717, 1.165) is 72.7 Å². The molecule has 2 aliphatic heterocycles. The molecule has 8 nitrogen and oxygen atoms in total. The molecule has 3 aromatic carbocycles. The molecule has 0 spiro atoms. The van der Waals surface area contributed by atoms with Crippen molar-refractivity contribution in [2.45, 2.75) is 45.9 Å². The van der Waals surface area contributed by atoms with E-state index < -0.39 is 0 Å². The minimum Gasteiger partial charge on any atom is -0.487 e. The summed E-state index contributed by atoms with van der Waals surface area (Å²) in [4.78, 5) is 26.6. The Hall–Kier alpha value is -4.86. The van der Waals surface area contributed by atoms with Crippen molar-refractivity contribution in [2.75, 3.05) is 6.54 Å².